The second-order valence-electron chi connectivity index (χ2n) is 6.15. The molecule has 4 rings (SSSR count). The number of hydrazone groups is 1. The predicted octanol–water partition coefficient (Wildman–Crippen LogP) is 4.62. The number of benzene rings is 2. The normalized spacial score (nSPS) is 11.1. The fourth-order valence-corrected chi connectivity index (χ4v) is 4.58. The maximum Gasteiger partial charge on any atom is 0.271 e. The largest absolute Gasteiger partial charge is 0.448 e. The van der Waals surface area contributed by atoms with Gasteiger partial charge in [0.25, 0.3) is 17.3 Å². The standard InChI is InChI=1S/C19H11N5O6S2/c25-18(11-2-1-3-12(8-11)23(26)27)22-20-10-14-5-7-17(30-14)32-19-21-15-6-4-13(24(28)29)9-16(15)31-19/h1-10H,(H,22,25)/b20-10-. The summed E-state index contributed by atoms with van der Waals surface area (Å²) in [7, 11) is 0. The second kappa shape index (κ2) is 8.95. The van der Waals surface area contributed by atoms with Crippen molar-refractivity contribution in [2.45, 2.75) is 9.43 Å². The van der Waals surface area contributed by atoms with Gasteiger partial charge in [0.05, 0.1) is 26.3 Å². The predicted molar refractivity (Wildman–Crippen MR) is 117 cm³/mol. The quantitative estimate of drug-likeness (QED) is 0.234. The average molecular weight is 469 g/mol. The van der Waals surface area contributed by atoms with Crippen LogP contribution in [0.15, 0.2) is 73.5 Å². The van der Waals surface area contributed by atoms with Gasteiger partial charge in [-0.3, -0.25) is 25.0 Å². The highest BCUT2D eigenvalue weighted by molar-refractivity contribution is 8.01. The molecule has 11 nitrogen and oxygen atoms in total. The van der Waals surface area contributed by atoms with Crippen LogP contribution in [-0.2, 0) is 0 Å². The van der Waals surface area contributed by atoms with E-state index in [0.29, 0.717) is 25.4 Å². The minimum absolute atomic E-state index is 0.00125. The van der Waals surface area contributed by atoms with Crippen molar-refractivity contribution in [2.75, 3.05) is 0 Å². The van der Waals surface area contributed by atoms with Gasteiger partial charge in [-0.05, 0) is 36.0 Å². The van der Waals surface area contributed by atoms with E-state index < -0.39 is 15.8 Å². The smallest absolute Gasteiger partial charge is 0.271 e. The first-order valence-electron chi connectivity index (χ1n) is 8.79. The number of hydrogen-bond acceptors (Lipinski definition) is 10. The van der Waals surface area contributed by atoms with Gasteiger partial charge in [0.15, 0.2) is 9.43 Å². The fourth-order valence-electron chi connectivity index (χ4n) is 2.57. The van der Waals surface area contributed by atoms with Crippen LogP contribution in [-0.4, -0.2) is 27.0 Å². The van der Waals surface area contributed by atoms with Gasteiger partial charge in [0.1, 0.15) is 5.76 Å². The molecule has 0 radical (unpaired) electrons. The van der Waals surface area contributed by atoms with Crippen LogP contribution < -0.4 is 5.43 Å². The number of hydrogen-bond donors (Lipinski definition) is 1. The molecule has 0 saturated heterocycles. The van der Waals surface area contributed by atoms with Crippen LogP contribution in [0.25, 0.3) is 10.2 Å². The van der Waals surface area contributed by atoms with Gasteiger partial charge in [0.2, 0.25) is 0 Å². The van der Waals surface area contributed by atoms with Crippen molar-refractivity contribution in [3.8, 4) is 0 Å². The highest BCUT2D eigenvalue weighted by atomic mass is 32.2. The summed E-state index contributed by atoms with van der Waals surface area (Å²) in [4.78, 5) is 37.1. The Morgan fingerprint density at radius 3 is 2.66 bits per heavy atom. The molecule has 4 aromatic rings. The molecule has 0 atom stereocenters. The fraction of sp³-hybridized carbons (Fsp3) is 0. The number of nitro groups is 2. The summed E-state index contributed by atoms with van der Waals surface area (Å²) in [5.74, 6) is -0.238. The third-order valence-electron chi connectivity index (χ3n) is 4.03. The van der Waals surface area contributed by atoms with Gasteiger partial charge in [-0.1, -0.05) is 6.07 Å². The van der Waals surface area contributed by atoms with Crippen molar-refractivity contribution in [1.29, 1.82) is 0 Å². The van der Waals surface area contributed by atoms with E-state index in [0.717, 1.165) is 6.07 Å². The summed E-state index contributed by atoms with van der Waals surface area (Å²) in [6, 6.07) is 13.1. The molecule has 0 unspecified atom stereocenters. The number of thiazole rings is 1. The van der Waals surface area contributed by atoms with E-state index in [4.69, 9.17) is 4.42 Å². The van der Waals surface area contributed by atoms with Crippen molar-refractivity contribution in [1.82, 2.24) is 10.4 Å². The number of furan rings is 1. The molecule has 2 heterocycles. The number of nitro benzene ring substituents is 2. The van der Waals surface area contributed by atoms with E-state index in [2.05, 4.69) is 15.5 Å². The first-order valence-corrected chi connectivity index (χ1v) is 10.4. The monoisotopic (exact) mass is 469 g/mol. The molecule has 1 amide bonds. The topological polar surface area (TPSA) is 154 Å². The third kappa shape index (κ3) is 4.79. The summed E-state index contributed by atoms with van der Waals surface area (Å²) < 4.78 is 6.96. The highest BCUT2D eigenvalue weighted by Crippen LogP contribution is 2.36. The number of non-ortho nitro benzene ring substituents is 2. The average Bonchev–Trinajstić information content (AvgIpc) is 3.39. The number of carbonyl (C=O) groups excluding carboxylic acids is 1. The summed E-state index contributed by atoms with van der Waals surface area (Å²) in [5.41, 5.74) is 2.84. The Bertz CT molecular complexity index is 1380. The second-order valence-corrected chi connectivity index (χ2v) is 8.44. The summed E-state index contributed by atoms with van der Waals surface area (Å²) in [6.45, 7) is 0. The SMILES string of the molecule is O=C(N/N=C\c1ccc(Sc2nc3ccc([N+](=O)[O-])cc3s2)o1)c1cccc([N+](=O)[O-])c1. The van der Waals surface area contributed by atoms with E-state index >= 15 is 0 Å². The Kier molecular flexibility index (Phi) is 5.91. The van der Waals surface area contributed by atoms with Gasteiger partial charge in [-0.2, -0.15) is 5.10 Å². The lowest BCUT2D eigenvalue weighted by molar-refractivity contribution is -0.385. The molecule has 0 aliphatic carbocycles. The molecular weight excluding hydrogens is 458 g/mol. The molecule has 0 saturated carbocycles. The van der Waals surface area contributed by atoms with Gasteiger partial charge in [-0.15, -0.1) is 11.3 Å². The van der Waals surface area contributed by atoms with E-state index in [-0.39, 0.29) is 16.9 Å². The van der Waals surface area contributed by atoms with Crippen molar-refractivity contribution >= 4 is 56.8 Å². The zero-order valence-corrected chi connectivity index (χ0v) is 17.5. The van der Waals surface area contributed by atoms with Crippen LogP contribution in [0.5, 0.6) is 0 Å². The van der Waals surface area contributed by atoms with Crippen LogP contribution in [0.3, 0.4) is 0 Å². The molecule has 1 N–H and O–H groups in total. The highest BCUT2D eigenvalue weighted by Gasteiger charge is 2.13. The maximum atomic E-state index is 12.1. The van der Waals surface area contributed by atoms with E-state index in [9.17, 15) is 25.0 Å². The lowest BCUT2D eigenvalue weighted by Crippen LogP contribution is -2.17. The van der Waals surface area contributed by atoms with Crippen LogP contribution in [0.4, 0.5) is 11.4 Å². The van der Waals surface area contributed by atoms with Crippen molar-refractivity contribution in [3.05, 3.63) is 86.1 Å². The van der Waals surface area contributed by atoms with Gasteiger partial charge in [0, 0.05) is 29.8 Å². The molecule has 0 fully saturated rings. The number of rotatable bonds is 7. The number of nitrogens with one attached hydrogen (secondary N) is 1. The molecule has 0 spiro atoms. The Hall–Kier alpha value is -4.10. The van der Waals surface area contributed by atoms with Gasteiger partial charge < -0.3 is 4.42 Å². The molecular formula is C19H11N5O6S2. The summed E-state index contributed by atoms with van der Waals surface area (Å²) >= 11 is 2.55. The Morgan fingerprint density at radius 1 is 1.09 bits per heavy atom. The van der Waals surface area contributed by atoms with Crippen LogP contribution in [0, 0.1) is 20.2 Å². The summed E-state index contributed by atoms with van der Waals surface area (Å²) in [6.07, 6.45) is 1.29. The first kappa shape index (κ1) is 21.1. The number of amides is 1. The van der Waals surface area contributed by atoms with Gasteiger partial charge in [-0.25, -0.2) is 10.4 Å². The lowest BCUT2D eigenvalue weighted by atomic mass is 10.2. The first-order chi connectivity index (χ1) is 15.4. The third-order valence-corrected chi connectivity index (χ3v) is 6.03. The summed E-state index contributed by atoms with van der Waals surface area (Å²) in [5, 5.41) is 26.0. The molecule has 160 valence electrons. The van der Waals surface area contributed by atoms with Gasteiger partial charge >= 0.3 is 0 Å². The van der Waals surface area contributed by atoms with Crippen LogP contribution >= 0.6 is 23.1 Å². The number of nitrogens with zero attached hydrogens (tertiary/aromatic N) is 4. The van der Waals surface area contributed by atoms with E-state index in [1.165, 1.54) is 59.6 Å². The number of carbonyl (C=O) groups is 1. The molecule has 0 bridgehead atoms. The van der Waals surface area contributed by atoms with Crippen molar-refractivity contribution in [2.24, 2.45) is 5.10 Å². The van der Waals surface area contributed by atoms with Crippen molar-refractivity contribution < 1.29 is 19.1 Å². The Balaban J connectivity index is 1.39. The molecule has 32 heavy (non-hydrogen) atoms. The zero-order chi connectivity index (χ0) is 22.7. The number of aromatic nitrogens is 1. The molecule has 0 aliphatic rings. The van der Waals surface area contributed by atoms with Crippen molar-refractivity contribution in [3.63, 3.8) is 0 Å². The maximum absolute atomic E-state index is 12.1. The van der Waals surface area contributed by atoms with Crippen LogP contribution in [0.2, 0.25) is 0 Å². The number of fused-ring (bicyclic) bond motifs is 1. The molecule has 2 aromatic heterocycles. The minimum atomic E-state index is -0.602. The molecule has 2 aromatic carbocycles. The van der Waals surface area contributed by atoms with Crippen LogP contribution in [0.1, 0.15) is 16.1 Å². The Labute approximate surface area is 187 Å². The lowest BCUT2D eigenvalue weighted by Gasteiger charge is -1.99. The molecule has 0 aliphatic heterocycles. The molecule has 13 heteroatoms. The zero-order valence-electron chi connectivity index (χ0n) is 15.8. The van der Waals surface area contributed by atoms with E-state index in [1.54, 1.807) is 18.2 Å². The van der Waals surface area contributed by atoms with E-state index in [1.807, 2.05) is 0 Å². The minimum Gasteiger partial charge on any atom is -0.448 e. The Morgan fingerprint density at radius 2 is 1.88 bits per heavy atom.